The highest BCUT2D eigenvalue weighted by atomic mass is 31.3. The first-order valence-electron chi connectivity index (χ1n) is 8.17. The van der Waals surface area contributed by atoms with Gasteiger partial charge in [-0.1, -0.05) is 4.98 Å². The standard InChI is InChI=1S/C12H19N5O11P2/c1-16-4-17(9-6(16)10(19)15-12(13)14-9)11-7(18)8(25-2)5(27-11)3-26-30(23,24)28-29(20,21)22/h4-5,7-8,11,18H,3H2,1-2H3,(H5-,13,14,15,19,20,21,22,23,24)/t5-,7?,8+,11-/m1/s1. The van der Waals surface area contributed by atoms with Gasteiger partial charge in [-0.05, 0) is 0 Å². The fourth-order valence-electron chi connectivity index (χ4n) is 3.15. The smallest absolute Gasteiger partial charge is 0.478 e. The molecular weight excluding hydrogens is 452 g/mol. The molecular formula is C12H19N5O11P2. The molecule has 6 atom stereocenters. The minimum atomic E-state index is -5.55. The molecule has 3 unspecified atom stereocenters. The number of rotatable bonds is 7. The number of aliphatic hydroxyl groups excluding tert-OH is 1. The number of H-pyrrole nitrogens is 1. The number of hydrogen-bond donors (Lipinski definition) is 5. The number of hydrogen-bond acceptors (Lipinski definition) is 11. The third-order valence-corrected chi connectivity index (χ3v) is 6.38. The lowest BCUT2D eigenvalue weighted by molar-refractivity contribution is -0.745. The van der Waals surface area contributed by atoms with Crippen LogP contribution in [0.5, 0.6) is 0 Å². The maximum atomic E-state index is 12.1. The molecule has 1 aliphatic heterocycles. The number of aromatic amines is 1. The number of nitrogens with zero attached hydrogens (tertiary/aromatic N) is 3. The van der Waals surface area contributed by atoms with E-state index in [1.807, 2.05) is 0 Å². The Balaban J connectivity index is 1.87. The first-order valence-corrected chi connectivity index (χ1v) is 11.2. The fraction of sp³-hybridized carbons (Fsp3) is 0.583. The van der Waals surface area contributed by atoms with Gasteiger partial charge >= 0.3 is 13.5 Å². The Hall–Kier alpha value is -1.71. The lowest BCUT2D eigenvalue weighted by atomic mass is 10.1. The Labute approximate surface area is 167 Å². The molecule has 0 saturated carbocycles. The molecule has 168 valence electrons. The van der Waals surface area contributed by atoms with Gasteiger partial charge in [-0.3, -0.25) is 23.4 Å². The van der Waals surface area contributed by atoms with Gasteiger partial charge in [-0.15, -0.1) is 0 Å². The third kappa shape index (κ3) is 4.63. The van der Waals surface area contributed by atoms with Crippen LogP contribution in [0.3, 0.4) is 0 Å². The van der Waals surface area contributed by atoms with Gasteiger partial charge in [0.05, 0.1) is 13.7 Å². The average Bonchev–Trinajstić information content (AvgIpc) is 3.07. The second-order valence-electron chi connectivity index (χ2n) is 6.33. The molecule has 18 heteroatoms. The Morgan fingerprint density at radius 2 is 2.13 bits per heavy atom. The van der Waals surface area contributed by atoms with Crippen molar-refractivity contribution >= 4 is 32.8 Å². The predicted molar refractivity (Wildman–Crippen MR) is 93.3 cm³/mol. The zero-order chi connectivity index (χ0) is 22.4. The second kappa shape index (κ2) is 8.09. The van der Waals surface area contributed by atoms with E-state index in [2.05, 4.69) is 18.8 Å². The first kappa shape index (κ1) is 23.0. The average molecular weight is 471 g/mol. The molecule has 1 saturated heterocycles. The van der Waals surface area contributed by atoms with E-state index in [-0.39, 0.29) is 17.1 Å². The minimum absolute atomic E-state index is 0.0861. The van der Waals surface area contributed by atoms with Crippen molar-refractivity contribution in [2.45, 2.75) is 24.5 Å². The van der Waals surface area contributed by atoms with Crippen molar-refractivity contribution in [3.05, 3.63) is 16.7 Å². The maximum absolute atomic E-state index is 12.1. The number of anilines is 1. The van der Waals surface area contributed by atoms with Crippen molar-refractivity contribution in [2.75, 3.05) is 19.5 Å². The third-order valence-electron chi connectivity index (χ3n) is 4.25. The van der Waals surface area contributed by atoms with Gasteiger partial charge in [0.2, 0.25) is 11.7 Å². The number of nitrogens with one attached hydrogen (secondary N) is 1. The maximum Gasteiger partial charge on any atom is 0.478 e. The number of imidazole rings is 1. The molecule has 0 spiro atoms. The Bertz CT molecular complexity index is 1100. The summed E-state index contributed by atoms with van der Waals surface area (Å²) in [5.74, 6) is -0.174. The molecule has 3 heterocycles. The number of aromatic nitrogens is 4. The van der Waals surface area contributed by atoms with Crippen molar-refractivity contribution in [1.29, 1.82) is 0 Å². The van der Waals surface area contributed by atoms with Crippen LogP contribution in [-0.2, 0) is 34.5 Å². The summed E-state index contributed by atoms with van der Waals surface area (Å²) in [5.41, 5.74) is 5.28. The molecule has 0 aliphatic carbocycles. The monoisotopic (exact) mass is 471 g/mol. The lowest BCUT2D eigenvalue weighted by Crippen LogP contribution is -2.46. The molecule has 0 amide bonds. The molecule has 1 aliphatic rings. The van der Waals surface area contributed by atoms with Crippen molar-refractivity contribution in [3.8, 4) is 0 Å². The number of ether oxygens (including phenoxy) is 2. The number of phosphoric ester groups is 1. The van der Waals surface area contributed by atoms with E-state index in [0.29, 0.717) is 0 Å². The van der Waals surface area contributed by atoms with E-state index in [9.17, 15) is 28.8 Å². The zero-order valence-corrected chi connectivity index (χ0v) is 17.3. The zero-order valence-electron chi connectivity index (χ0n) is 15.5. The van der Waals surface area contributed by atoms with Crippen LogP contribution in [-0.4, -0.2) is 61.5 Å². The molecule has 16 nitrogen and oxygen atoms in total. The van der Waals surface area contributed by atoms with E-state index in [1.54, 1.807) is 7.05 Å². The highest BCUT2D eigenvalue weighted by Crippen LogP contribution is 2.55. The predicted octanol–water partition coefficient (Wildman–Crippen LogP) is -3.00. The van der Waals surface area contributed by atoms with Gasteiger partial charge in [-0.2, -0.15) is 0 Å². The summed E-state index contributed by atoms with van der Waals surface area (Å²) >= 11 is 0. The van der Waals surface area contributed by atoms with Crippen molar-refractivity contribution in [3.63, 3.8) is 0 Å². The summed E-state index contributed by atoms with van der Waals surface area (Å²) in [4.78, 5) is 47.1. The Kier molecular flexibility index (Phi) is 6.19. The normalized spacial score (nSPS) is 28.5. The van der Waals surface area contributed by atoms with Crippen LogP contribution in [0.2, 0.25) is 0 Å². The largest absolute Gasteiger partial charge is 0.756 e. The van der Waals surface area contributed by atoms with E-state index in [4.69, 9.17) is 20.1 Å². The SMILES string of the molecule is CO[C@@H]1C(O)[C@H]([n+]2cn(C)c3c(=O)[nH]c(N)nc32)O[C@@H]1COP(=O)(O)OP(=O)([O-])O. The number of aryl methyl sites for hydroxylation is 1. The van der Waals surface area contributed by atoms with Crippen LogP contribution in [0, 0.1) is 0 Å². The summed E-state index contributed by atoms with van der Waals surface area (Å²) in [5, 5.41) is 10.6. The highest BCUT2D eigenvalue weighted by molar-refractivity contribution is 7.60. The second-order valence-corrected chi connectivity index (χ2v) is 9.11. The van der Waals surface area contributed by atoms with Gasteiger partial charge in [0.1, 0.15) is 18.3 Å². The van der Waals surface area contributed by atoms with Gasteiger partial charge in [0, 0.05) is 7.11 Å². The van der Waals surface area contributed by atoms with Crippen molar-refractivity contribution < 1.29 is 51.8 Å². The van der Waals surface area contributed by atoms with Gasteiger partial charge < -0.3 is 35.0 Å². The summed E-state index contributed by atoms with van der Waals surface area (Å²) in [6.07, 6.45) is -3.39. The number of nitrogen functional groups attached to an aromatic ring is 1. The summed E-state index contributed by atoms with van der Waals surface area (Å²) in [7, 11) is -7.95. The number of fused-ring (bicyclic) bond motifs is 1. The number of aliphatic hydroxyl groups is 1. The molecule has 2 aromatic rings. The topological polar surface area (TPSA) is 235 Å². The quantitative estimate of drug-likeness (QED) is 0.200. The van der Waals surface area contributed by atoms with Crippen LogP contribution in [0.1, 0.15) is 6.23 Å². The van der Waals surface area contributed by atoms with Crippen LogP contribution in [0.15, 0.2) is 11.1 Å². The Morgan fingerprint density at radius 1 is 1.47 bits per heavy atom. The number of nitrogens with two attached hydrogens (primary N) is 1. The van der Waals surface area contributed by atoms with Gasteiger partial charge in [0.25, 0.3) is 19.3 Å². The van der Waals surface area contributed by atoms with E-state index >= 15 is 0 Å². The lowest BCUT2D eigenvalue weighted by Gasteiger charge is -2.22. The highest BCUT2D eigenvalue weighted by Gasteiger charge is 2.49. The molecule has 3 rings (SSSR count). The van der Waals surface area contributed by atoms with Crippen molar-refractivity contribution in [1.82, 2.24) is 14.5 Å². The summed E-state index contributed by atoms with van der Waals surface area (Å²) < 4.78 is 43.9. The molecule has 0 bridgehead atoms. The van der Waals surface area contributed by atoms with E-state index in [1.165, 1.54) is 22.6 Å². The van der Waals surface area contributed by atoms with Crippen LogP contribution in [0.4, 0.5) is 5.95 Å². The van der Waals surface area contributed by atoms with Crippen LogP contribution < -0.4 is 20.8 Å². The molecule has 30 heavy (non-hydrogen) atoms. The molecule has 1 fully saturated rings. The van der Waals surface area contributed by atoms with Crippen molar-refractivity contribution in [2.24, 2.45) is 7.05 Å². The van der Waals surface area contributed by atoms with Gasteiger partial charge in [0.15, 0.2) is 6.33 Å². The molecule has 6 N–H and O–H groups in total. The van der Waals surface area contributed by atoms with Gasteiger partial charge in [-0.25, -0.2) is 13.4 Å². The molecule has 0 aromatic carbocycles. The number of phosphoric acid groups is 2. The van der Waals surface area contributed by atoms with E-state index in [0.717, 1.165) is 0 Å². The summed E-state index contributed by atoms with van der Waals surface area (Å²) in [6.45, 7) is -0.749. The van der Waals surface area contributed by atoms with Crippen LogP contribution in [0.25, 0.3) is 11.2 Å². The first-order chi connectivity index (χ1) is 13.8. The molecule has 0 radical (unpaired) electrons. The van der Waals surface area contributed by atoms with E-state index < -0.39 is 52.4 Å². The minimum Gasteiger partial charge on any atom is -0.756 e. The molecule has 2 aromatic heterocycles. The number of methoxy groups -OCH3 is 1. The Morgan fingerprint density at radius 3 is 2.73 bits per heavy atom. The fourth-order valence-corrected chi connectivity index (χ4v) is 4.72. The summed E-state index contributed by atoms with van der Waals surface area (Å²) in [6, 6.07) is 0. The van der Waals surface area contributed by atoms with Crippen LogP contribution >= 0.6 is 15.6 Å².